The molecule has 1 atom stereocenters. The zero-order chi connectivity index (χ0) is 12.4. The number of benzene rings is 1. The molecule has 0 spiro atoms. The van der Waals surface area contributed by atoms with Crippen LogP contribution in [0.25, 0.3) is 11.0 Å². The predicted octanol–water partition coefficient (Wildman–Crippen LogP) is 2.80. The molecule has 2 aromatic rings. The zero-order valence-corrected chi connectivity index (χ0v) is 10.7. The Balaban J connectivity index is 2.29. The van der Waals surface area contributed by atoms with Crippen molar-refractivity contribution in [1.82, 2.24) is 14.9 Å². The summed E-state index contributed by atoms with van der Waals surface area (Å²) in [6.07, 6.45) is 0. The molecule has 0 amide bonds. The van der Waals surface area contributed by atoms with Crippen LogP contribution in [-0.4, -0.2) is 16.1 Å². The fourth-order valence-corrected chi connectivity index (χ4v) is 1.97. The van der Waals surface area contributed by atoms with Crippen LogP contribution in [0.1, 0.15) is 25.7 Å². The van der Waals surface area contributed by atoms with E-state index in [2.05, 4.69) is 41.5 Å². The van der Waals surface area contributed by atoms with E-state index < -0.39 is 0 Å². The molecule has 1 aromatic heterocycles. The first-order valence-electron chi connectivity index (χ1n) is 5.88. The van der Waals surface area contributed by atoms with Gasteiger partial charge in [0.2, 0.25) is 0 Å². The Morgan fingerprint density at radius 3 is 2.82 bits per heavy atom. The maximum absolute atomic E-state index is 4.66. The van der Waals surface area contributed by atoms with Crippen molar-refractivity contribution >= 4 is 11.0 Å². The second-order valence-corrected chi connectivity index (χ2v) is 4.58. The summed E-state index contributed by atoms with van der Waals surface area (Å²) in [5, 5.41) is 3.42. The molecule has 17 heavy (non-hydrogen) atoms. The van der Waals surface area contributed by atoms with Crippen LogP contribution in [0.15, 0.2) is 36.4 Å². The number of nitrogens with zero attached hydrogens (tertiary/aromatic N) is 2. The molecule has 0 radical (unpaired) electrons. The van der Waals surface area contributed by atoms with Gasteiger partial charge in [-0.05, 0) is 26.0 Å². The SMILES string of the molecule is C=C(C)CNC(C)c1nc2ccccc2n1C. The van der Waals surface area contributed by atoms with E-state index in [1.807, 2.05) is 25.1 Å². The number of hydrogen-bond acceptors (Lipinski definition) is 2. The smallest absolute Gasteiger partial charge is 0.126 e. The third-order valence-corrected chi connectivity index (χ3v) is 2.92. The molecule has 0 bridgehead atoms. The lowest BCUT2D eigenvalue weighted by Gasteiger charge is -2.13. The minimum atomic E-state index is 0.226. The van der Waals surface area contributed by atoms with Gasteiger partial charge >= 0.3 is 0 Å². The van der Waals surface area contributed by atoms with Crippen molar-refractivity contribution in [1.29, 1.82) is 0 Å². The van der Waals surface area contributed by atoms with Gasteiger partial charge in [0.25, 0.3) is 0 Å². The van der Waals surface area contributed by atoms with Crippen LogP contribution in [-0.2, 0) is 7.05 Å². The van der Waals surface area contributed by atoms with E-state index in [9.17, 15) is 0 Å². The van der Waals surface area contributed by atoms with E-state index in [0.29, 0.717) is 0 Å². The monoisotopic (exact) mass is 229 g/mol. The van der Waals surface area contributed by atoms with E-state index in [4.69, 9.17) is 0 Å². The Kier molecular flexibility index (Phi) is 3.29. The van der Waals surface area contributed by atoms with Gasteiger partial charge in [0.05, 0.1) is 17.1 Å². The molecule has 3 heteroatoms. The third-order valence-electron chi connectivity index (χ3n) is 2.92. The van der Waals surface area contributed by atoms with E-state index in [1.54, 1.807) is 0 Å². The number of aromatic nitrogens is 2. The van der Waals surface area contributed by atoms with Crippen LogP contribution in [0.5, 0.6) is 0 Å². The van der Waals surface area contributed by atoms with E-state index in [-0.39, 0.29) is 6.04 Å². The second kappa shape index (κ2) is 4.72. The fourth-order valence-electron chi connectivity index (χ4n) is 1.97. The number of fused-ring (bicyclic) bond motifs is 1. The molecule has 0 aliphatic rings. The molecule has 0 saturated heterocycles. The highest BCUT2D eigenvalue weighted by Gasteiger charge is 2.13. The molecule has 2 rings (SSSR count). The molecule has 1 heterocycles. The van der Waals surface area contributed by atoms with Crippen LogP contribution in [0, 0.1) is 0 Å². The molecule has 1 aromatic carbocycles. The molecule has 0 aliphatic heterocycles. The van der Waals surface area contributed by atoms with Crippen molar-refractivity contribution in [2.24, 2.45) is 7.05 Å². The number of nitrogens with one attached hydrogen (secondary N) is 1. The van der Waals surface area contributed by atoms with Gasteiger partial charge in [0, 0.05) is 13.6 Å². The Bertz CT molecular complexity index is 539. The molecular weight excluding hydrogens is 210 g/mol. The van der Waals surface area contributed by atoms with Gasteiger partial charge in [0.15, 0.2) is 0 Å². The maximum atomic E-state index is 4.66. The van der Waals surface area contributed by atoms with Crippen LogP contribution in [0.3, 0.4) is 0 Å². The van der Waals surface area contributed by atoms with Gasteiger partial charge in [0.1, 0.15) is 5.82 Å². The molecular formula is C14H19N3. The van der Waals surface area contributed by atoms with Gasteiger partial charge < -0.3 is 9.88 Å². The summed E-state index contributed by atoms with van der Waals surface area (Å²) in [6.45, 7) is 8.87. The van der Waals surface area contributed by atoms with Crippen LogP contribution >= 0.6 is 0 Å². The largest absolute Gasteiger partial charge is 0.330 e. The number of hydrogen-bond donors (Lipinski definition) is 1. The lowest BCUT2D eigenvalue weighted by atomic mass is 10.2. The average molecular weight is 229 g/mol. The lowest BCUT2D eigenvalue weighted by molar-refractivity contribution is 0.558. The minimum absolute atomic E-state index is 0.226. The van der Waals surface area contributed by atoms with Crippen molar-refractivity contribution in [3.63, 3.8) is 0 Å². The highest BCUT2D eigenvalue weighted by Crippen LogP contribution is 2.18. The Hall–Kier alpha value is -1.61. The van der Waals surface area contributed by atoms with E-state index in [1.165, 1.54) is 5.52 Å². The van der Waals surface area contributed by atoms with Crippen molar-refractivity contribution in [2.75, 3.05) is 6.54 Å². The predicted molar refractivity (Wildman–Crippen MR) is 71.9 cm³/mol. The Labute approximate surface area is 102 Å². The second-order valence-electron chi connectivity index (χ2n) is 4.58. The molecule has 0 saturated carbocycles. The van der Waals surface area contributed by atoms with Crippen LogP contribution < -0.4 is 5.32 Å². The normalized spacial score (nSPS) is 12.9. The first-order valence-corrected chi connectivity index (χ1v) is 5.88. The number of rotatable bonds is 4. The summed E-state index contributed by atoms with van der Waals surface area (Å²) in [5.74, 6) is 1.06. The minimum Gasteiger partial charge on any atom is -0.330 e. The molecule has 90 valence electrons. The molecule has 1 N–H and O–H groups in total. The molecule has 1 unspecified atom stereocenters. The van der Waals surface area contributed by atoms with Gasteiger partial charge in [-0.1, -0.05) is 24.3 Å². The van der Waals surface area contributed by atoms with Gasteiger partial charge in [-0.2, -0.15) is 0 Å². The summed E-state index contributed by atoms with van der Waals surface area (Å²) < 4.78 is 2.14. The van der Waals surface area contributed by atoms with Crippen molar-refractivity contribution < 1.29 is 0 Å². The summed E-state index contributed by atoms with van der Waals surface area (Å²) in [6, 6.07) is 8.43. The first-order chi connectivity index (χ1) is 8.09. The van der Waals surface area contributed by atoms with Crippen LogP contribution in [0.4, 0.5) is 0 Å². The molecule has 3 nitrogen and oxygen atoms in total. The first kappa shape index (κ1) is 11.9. The number of aryl methyl sites for hydroxylation is 1. The van der Waals surface area contributed by atoms with Gasteiger partial charge in [-0.15, -0.1) is 0 Å². The molecule has 0 aliphatic carbocycles. The van der Waals surface area contributed by atoms with Gasteiger partial charge in [-0.25, -0.2) is 4.98 Å². The van der Waals surface area contributed by atoms with Crippen molar-refractivity contribution in [3.8, 4) is 0 Å². The molecule has 0 fully saturated rings. The summed E-state index contributed by atoms with van der Waals surface area (Å²) >= 11 is 0. The zero-order valence-electron chi connectivity index (χ0n) is 10.7. The lowest BCUT2D eigenvalue weighted by Crippen LogP contribution is -2.22. The average Bonchev–Trinajstić information content (AvgIpc) is 2.64. The Morgan fingerprint density at radius 2 is 2.18 bits per heavy atom. The quantitative estimate of drug-likeness (QED) is 0.817. The number of para-hydroxylation sites is 2. The fraction of sp³-hybridized carbons (Fsp3) is 0.357. The maximum Gasteiger partial charge on any atom is 0.126 e. The highest BCUT2D eigenvalue weighted by molar-refractivity contribution is 5.75. The van der Waals surface area contributed by atoms with Crippen molar-refractivity contribution in [2.45, 2.75) is 19.9 Å². The number of imidazole rings is 1. The van der Waals surface area contributed by atoms with Crippen LogP contribution in [0.2, 0.25) is 0 Å². The summed E-state index contributed by atoms with van der Waals surface area (Å²) in [5.41, 5.74) is 3.36. The summed E-state index contributed by atoms with van der Waals surface area (Å²) in [4.78, 5) is 4.66. The van der Waals surface area contributed by atoms with Crippen molar-refractivity contribution in [3.05, 3.63) is 42.2 Å². The van der Waals surface area contributed by atoms with E-state index >= 15 is 0 Å². The standard InChI is InChI=1S/C14H19N3/c1-10(2)9-15-11(3)14-16-12-7-5-6-8-13(12)17(14)4/h5-8,11,15H,1,9H2,2-4H3. The highest BCUT2D eigenvalue weighted by atomic mass is 15.1. The van der Waals surface area contributed by atoms with E-state index in [0.717, 1.165) is 23.5 Å². The third kappa shape index (κ3) is 2.39. The topological polar surface area (TPSA) is 29.9 Å². The summed E-state index contributed by atoms with van der Waals surface area (Å²) in [7, 11) is 2.06. The Morgan fingerprint density at radius 1 is 1.47 bits per heavy atom. The van der Waals surface area contributed by atoms with Gasteiger partial charge in [-0.3, -0.25) is 0 Å².